The molecule has 2 rings (SSSR count). The van der Waals surface area contributed by atoms with E-state index >= 15 is 0 Å². The van der Waals surface area contributed by atoms with E-state index < -0.39 is 0 Å². The minimum atomic E-state index is -0.372. The third kappa shape index (κ3) is 3.79. The average molecular weight is 280 g/mol. The molecule has 1 aromatic heterocycles. The van der Waals surface area contributed by atoms with E-state index in [0.29, 0.717) is 18.2 Å². The Morgan fingerprint density at radius 1 is 1.30 bits per heavy atom. The molecule has 1 fully saturated rings. The van der Waals surface area contributed by atoms with Crippen molar-refractivity contribution in [3.8, 4) is 0 Å². The summed E-state index contributed by atoms with van der Waals surface area (Å²) in [6.45, 7) is 10.4. The predicted molar refractivity (Wildman–Crippen MR) is 75.6 cm³/mol. The van der Waals surface area contributed by atoms with Crippen LogP contribution in [0.25, 0.3) is 0 Å². The third-order valence-corrected chi connectivity index (χ3v) is 3.55. The molecule has 0 bridgehead atoms. The van der Waals surface area contributed by atoms with Crippen molar-refractivity contribution in [1.82, 2.24) is 19.9 Å². The van der Waals surface area contributed by atoms with Gasteiger partial charge in [0.05, 0.1) is 18.8 Å². The molecule has 0 atom stereocenters. The molecule has 1 aliphatic heterocycles. The lowest BCUT2D eigenvalue weighted by Crippen LogP contribution is -2.25. The van der Waals surface area contributed by atoms with Gasteiger partial charge >= 0.3 is 5.97 Å². The van der Waals surface area contributed by atoms with Gasteiger partial charge < -0.3 is 9.64 Å². The minimum Gasteiger partial charge on any atom is -0.461 e. The molecule has 0 saturated carbocycles. The Hall–Kier alpha value is -1.43. The highest BCUT2D eigenvalue weighted by molar-refractivity contribution is 5.88. The number of carbonyl (C=O) groups excluding carboxylic acids is 1. The van der Waals surface area contributed by atoms with Crippen LogP contribution in [0.5, 0.6) is 0 Å². The summed E-state index contributed by atoms with van der Waals surface area (Å²) in [7, 11) is 0. The van der Waals surface area contributed by atoms with Crippen LogP contribution >= 0.6 is 0 Å². The second-order valence-electron chi connectivity index (χ2n) is 5.79. The van der Waals surface area contributed by atoms with Crippen LogP contribution in [0.3, 0.4) is 0 Å². The van der Waals surface area contributed by atoms with E-state index in [2.05, 4.69) is 15.2 Å². The van der Waals surface area contributed by atoms with Crippen molar-refractivity contribution in [2.45, 2.75) is 40.2 Å². The molecule has 20 heavy (non-hydrogen) atoms. The van der Waals surface area contributed by atoms with E-state index in [0.717, 1.165) is 31.9 Å². The van der Waals surface area contributed by atoms with Crippen LogP contribution in [0, 0.1) is 12.8 Å². The topological polar surface area (TPSA) is 60.2 Å². The summed E-state index contributed by atoms with van der Waals surface area (Å²) in [4.78, 5) is 14.3. The van der Waals surface area contributed by atoms with Crippen LogP contribution in [0.4, 0.5) is 0 Å². The number of esters is 1. The van der Waals surface area contributed by atoms with Gasteiger partial charge in [0.15, 0.2) is 5.69 Å². The van der Waals surface area contributed by atoms with Crippen molar-refractivity contribution in [2.75, 3.05) is 26.2 Å². The second-order valence-corrected chi connectivity index (χ2v) is 5.79. The van der Waals surface area contributed by atoms with Crippen LogP contribution in [0.15, 0.2) is 0 Å². The Balaban J connectivity index is 1.90. The Bertz CT molecular complexity index is 450. The predicted octanol–water partition coefficient (Wildman–Crippen LogP) is 1.50. The summed E-state index contributed by atoms with van der Waals surface area (Å²) < 4.78 is 6.99. The quantitative estimate of drug-likeness (QED) is 0.739. The molecule has 0 N–H and O–H groups in total. The summed E-state index contributed by atoms with van der Waals surface area (Å²) in [6.07, 6.45) is 2.56. The standard InChI is InChI=1S/C14H24N4O2/c1-11(2)10-20-14(19)13-12(3)18(16-15-13)9-8-17-6-4-5-7-17/h11H,4-10H2,1-3H3. The molecule has 0 radical (unpaired) electrons. The summed E-state index contributed by atoms with van der Waals surface area (Å²) in [5.41, 5.74) is 1.13. The van der Waals surface area contributed by atoms with Gasteiger partial charge in [-0.1, -0.05) is 19.1 Å². The van der Waals surface area contributed by atoms with Gasteiger partial charge in [-0.15, -0.1) is 5.10 Å². The average Bonchev–Trinajstić information content (AvgIpc) is 3.03. The van der Waals surface area contributed by atoms with Gasteiger partial charge in [0.1, 0.15) is 0 Å². The third-order valence-electron chi connectivity index (χ3n) is 3.55. The van der Waals surface area contributed by atoms with Crippen molar-refractivity contribution in [3.63, 3.8) is 0 Å². The second kappa shape index (κ2) is 6.83. The number of likely N-dealkylation sites (tertiary alicyclic amines) is 1. The Morgan fingerprint density at radius 2 is 2.00 bits per heavy atom. The first kappa shape index (κ1) is 15.0. The van der Waals surface area contributed by atoms with Crippen LogP contribution in [0.2, 0.25) is 0 Å². The highest BCUT2D eigenvalue weighted by Crippen LogP contribution is 2.09. The fourth-order valence-corrected chi connectivity index (χ4v) is 2.31. The SMILES string of the molecule is Cc1c(C(=O)OCC(C)C)nnn1CCN1CCCC1. The Kier molecular flexibility index (Phi) is 5.11. The van der Waals surface area contributed by atoms with Gasteiger partial charge in [0.25, 0.3) is 0 Å². The molecule has 6 nitrogen and oxygen atoms in total. The van der Waals surface area contributed by atoms with Gasteiger partial charge in [-0.2, -0.15) is 0 Å². The van der Waals surface area contributed by atoms with Crippen molar-refractivity contribution in [2.24, 2.45) is 5.92 Å². The maximum absolute atomic E-state index is 11.9. The minimum absolute atomic E-state index is 0.324. The first-order valence-electron chi connectivity index (χ1n) is 7.37. The Morgan fingerprint density at radius 3 is 2.65 bits per heavy atom. The molecule has 1 aliphatic rings. The number of ether oxygens (including phenoxy) is 1. The van der Waals surface area contributed by atoms with Crippen LogP contribution < -0.4 is 0 Å². The molecule has 0 aromatic carbocycles. The molecule has 1 aromatic rings. The summed E-state index contributed by atoms with van der Waals surface area (Å²) in [5, 5.41) is 8.02. The van der Waals surface area contributed by atoms with E-state index in [9.17, 15) is 4.79 Å². The Labute approximate surface area is 120 Å². The van der Waals surface area contributed by atoms with Crippen molar-refractivity contribution in [1.29, 1.82) is 0 Å². The summed E-state index contributed by atoms with van der Waals surface area (Å²) >= 11 is 0. The fraction of sp³-hybridized carbons (Fsp3) is 0.786. The largest absolute Gasteiger partial charge is 0.461 e. The highest BCUT2D eigenvalue weighted by atomic mass is 16.5. The lowest BCUT2D eigenvalue weighted by atomic mass is 10.2. The van der Waals surface area contributed by atoms with Gasteiger partial charge in [-0.25, -0.2) is 9.48 Å². The maximum Gasteiger partial charge on any atom is 0.360 e. The lowest BCUT2D eigenvalue weighted by Gasteiger charge is -2.14. The zero-order valence-corrected chi connectivity index (χ0v) is 12.6. The van der Waals surface area contributed by atoms with E-state index in [-0.39, 0.29) is 5.97 Å². The van der Waals surface area contributed by atoms with Crippen LogP contribution in [-0.2, 0) is 11.3 Å². The van der Waals surface area contributed by atoms with Crippen molar-refractivity contribution < 1.29 is 9.53 Å². The molecule has 0 aliphatic carbocycles. The zero-order chi connectivity index (χ0) is 14.5. The van der Waals surface area contributed by atoms with Crippen LogP contribution in [0.1, 0.15) is 42.9 Å². The van der Waals surface area contributed by atoms with Gasteiger partial charge in [-0.3, -0.25) is 0 Å². The number of rotatable bonds is 6. The molecule has 112 valence electrons. The number of hydrogen-bond acceptors (Lipinski definition) is 5. The molecule has 0 amide bonds. The molecule has 1 saturated heterocycles. The highest BCUT2D eigenvalue weighted by Gasteiger charge is 2.19. The summed E-state index contributed by atoms with van der Waals surface area (Å²) in [6, 6.07) is 0. The first-order valence-corrected chi connectivity index (χ1v) is 7.37. The monoisotopic (exact) mass is 280 g/mol. The molecule has 2 heterocycles. The van der Waals surface area contributed by atoms with E-state index in [1.165, 1.54) is 12.8 Å². The zero-order valence-electron chi connectivity index (χ0n) is 12.6. The van der Waals surface area contributed by atoms with E-state index in [1.807, 2.05) is 20.8 Å². The number of aromatic nitrogens is 3. The molecule has 6 heteroatoms. The molecular weight excluding hydrogens is 256 g/mol. The maximum atomic E-state index is 11.9. The van der Waals surface area contributed by atoms with E-state index in [4.69, 9.17) is 4.74 Å². The fourth-order valence-electron chi connectivity index (χ4n) is 2.31. The molecule has 0 spiro atoms. The van der Waals surface area contributed by atoms with Gasteiger partial charge in [0.2, 0.25) is 0 Å². The normalized spacial score (nSPS) is 16.0. The number of hydrogen-bond donors (Lipinski definition) is 0. The smallest absolute Gasteiger partial charge is 0.360 e. The van der Waals surface area contributed by atoms with Crippen molar-refractivity contribution in [3.05, 3.63) is 11.4 Å². The first-order chi connectivity index (χ1) is 9.58. The lowest BCUT2D eigenvalue weighted by molar-refractivity contribution is 0.0451. The number of carbonyl (C=O) groups is 1. The summed E-state index contributed by atoms with van der Waals surface area (Å²) in [5.74, 6) is -0.0481. The molecular formula is C14H24N4O2. The van der Waals surface area contributed by atoms with Gasteiger partial charge in [0, 0.05) is 6.54 Å². The van der Waals surface area contributed by atoms with E-state index in [1.54, 1.807) is 4.68 Å². The van der Waals surface area contributed by atoms with Crippen molar-refractivity contribution >= 4 is 5.97 Å². The van der Waals surface area contributed by atoms with Crippen LogP contribution in [-0.4, -0.2) is 52.1 Å². The van der Waals surface area contributed by atoms with Gasteiger partial charge in [-0.05, 0) is 38.8 Å². The number of nitrogens with zero attached hydrogens (tertiary/aromatic N) is 4. The molecule has 0 unspecified atom stereocenters.